The Morgan fingerprint density at radius 3 is 2.96 bits per heavy atom. The molecule has 1 fully saturated rings. The van der Waals surface area contributed by atoms with Crippen LogP contribution in [0.25, 0.3) is 0 Å². The van der Waals surface area contributed by atoms with Crippen LogP contribution < -0.4 is 10.2 Å². The maximum absolute atomic E-state index is 10.7. The van der Waals surface area contributed by atoms with E-state index in [2.05, 4.69) is 20.3 Å². The number of hydrogen-bond donors (Lipinski definition) is 1. The molecule has 2 aromatic heterocycles. The zero-order valence-corrected chi connectivity index (χ0v) is 13.4. The fourth-order valence-corrected chi connectivity index (χ4v) is 2.94. The first-order chi connectivity index (χ1) is 11.0. The Morgan fingerprint density at radius 1 is 1.48 bits per heavy atom. The smallest absolute Gasteiger partial charge is 0.289 e. The van der Waals surface area contributed by atoms with Crippen LogP contribution in [0, 0.1) is 10.1 Å². The Hall–Kier alpha value is -2.35. The van der Waals surface area contributed by atoms with Crippen LogP contribution in [0.2, 0.25) is 5.02 Å². The summed E-state index contributed by atoms with van der Waals surface area (Å²) in [7, 11) is 1.89. The molecule has 0 aliphatic carbocycles. The van der Waals surface area contributed by atoms with Crippen molar-refractivity contribution in [3.8, 4) is 0 Å². The van der Waals surface area contributed by atoms with E-state index in [1.807, 2.05) is 19.4 Å². The molecule has 3 rings (SSSR count). The standard InChI is InChI=1S/C14H17ClN6O2/c1-19-9-12(7-17-19)20-4-2-3-10(8-20)18-14-13(15)5-11(6-16-14)21(22)23/h5-7,9-10H,2-4,8H2,1H3,(H,16,18). The fraction of sp³-hybridized carbons (Fsp3) is 0.429. The lowest BCUT2D eigenvalue weighted by molar-refractivity contribution is -0.385. The average Bonchev–Trinajstić information content (AvgIpc) is 2.96. The summed E-state index contributed by atoms with van der Waals surface area (Å²) in [6, 6.07) is 1.49. The summed E-state index contributed by atoms with van der Waals surface area (Å²) < 4.78 is 1.78. The highest BCUT2D eigenvalue weighted by atomic mass is 35.5. The highest BCUT2D eigenvalue weighted by molar-refractivity contribution is 6.33. The minimum atomic E-state index is -0.507. The molecule has 8 nitrogen and oxygen atoms in total. The van der Waals surface area contributed by atoms with Gasteiger partial charge in [-0.1, -0.05) is 11.6 Å². The number of pyridine rings is 1. The predicted molar refractivity (Wildman–Crippen MR) is 88.0 cm³/mol. The van der Waals surface area contributed by atoms with Gasteiger partial charge >= 0.3 is 0 Å². The van der Waals surface area contributed by atoms with Crippen LogP contribution in [0.1, 0.15) is 12.8 Å². The molecular formula is C14H17ClN6O2. The summed E-state index contributed by atoms with van der Waals surface area (Å²) in [6.07, 6.45) is 7.08. The molecule has 23 heavy (non-hydrogen) atoms. The zero-order valence-electron chi connectivity index (χ0n) is 12.6. The molecular weight excluding hydrogens is 320 g/mol. The van der Waals surface area contributed by atoms with Crippen molar-refractivity contribution < 1.29 is 4.92 Å². The maximum atomic E-state index is 10.7. The van der Waals surface area contributed by atoms with Crippen LogP contribution in [0.15, 0.2) is 24.7 Å². The van der Waals surface area contributed by atoms with Gasteiger partial charge in [-0.3, -0.25) is 14.8 Å². The third-order valence-corrected chi connectivity index (χ3v) is 4.14. The summed E-state index contributed by atoms with van der Waals surface area (Å²) in [5, 5.41) is 18.5. The molecule has 3 heterocycles. The van der Waals surface area contributed by atoms with Gasteiger partial charge in [0.15, 0.2) is 0 Å². The van der Waals surface area contributed by atoms with Crippen molar-refractivity contribution in [2.75, 3.05) is 23.3 Å². The fourth-order valence-electron chi connectivity index (χ4n) is 2.73. The van der Waals surface area contributed by atoms with Gasteiger partial charge < -0.3 is 10.2 Å². The van der Waals surface area contributed by atoms with E-state index in [1.165, 1.54) is 12.3 Å². The van der Waals surface area contributed by atoms with Gasteiger partial charge in [-0.25, -0.2) is 4.98 Å². The van der Waals surface area contributed by atoms with Crippen LogP contribution in [-0.4, -0.2) is 38.8 Å². The van der Waals surface area contributed by atoms with Crippen LogP contribution in [-0.2, 0) is 7.05 Å². The lowest BCUT2D eigenvalue weighted by Gasteiger charge is -2.34. The monoisotopic (exact) mass is 336 g/mol. The molecule has 0 radical (unpaired) electrons. The number of hydrogen-bond acceptors (Lipinski definition) is 6. The normalized spacial score (nSPS) is 18.0. The van der Waals surface area contributed by atoms with E-state index in [4.69, 9.17) is 11.6 Å². The Morgan fingerprint density at radius 2 is 2.30 bits per heavy atom. The molecule has 0 saturated carbocycles. The van der Waals surface area contributed by atoms with E-state index in [1.54, 1.807) is 4.68 Å². The lowest BCUT2D eigenvalue weighted by Crippen LogP contribution is -2.42. The predicted octanol–water partition coefficient (Wildman–Crippen LogP) is 2.46. The third kappa shape index (κ3) is 3.53. The van der Waals surface area contributed by atoms with E-state index in [0.717, 1.165) is 31.6 Å². The molecule has 1 aliphatic rings. The second-order valence-electron chi connectivity index (χ2n) is 5.58. The number of nitro groups is 1. The van der Waals surface area contributed by atoms with E-state index >= 15 is 0 Å². The van der Waals surface area contributed by atoms with E-state index < -0.39 is 4.92 Å². The molecule has 0 spiro atoms. The minimum Gasteiger partial charge on any atom is -0.367 e. The van der Waals surface area contributed by atoms with Crippen molar-refractivity contribution >= 4 is 28.8 Å². The lowest BCUT2D eigenvalue weighted by atomic mass is 10.1. The van der Waals surface area contributed by atoms with Crippen LogP contribution in [0.3, 0.4) is 0 Å². The van der Waals surface area contributed by atoms with Gasteiger partial charge in [0.1, 0.15) is 12.0 Å². The second-order valence-corrected chi connectivity index (χ2v) is 5.99. The van der Waals surface area contributed by atoms with Crippen molar-refractivity contribution in [2.45, 2.75) is 18.9 Å². The summed E-state index contributed by atoms with van der Waals surface area (Å²) in [5.74, 6) is 0.482. The Balaban J connectivity index is 1.69. The van der Waals surface area contributed by atoms with Crippen molar-refractivity contribution in [3.05, 3.63) is 39.8 Å². The number of anilines is 2. The summed E-state index contributed by atoms with van der Waals surface area (Å²) in [4.78, 5) is 16.6. The Bertz CT molecular complexity index is 719. The first-order valence-electron chi connectivity index (χ1n) is 7.33. The van der Waals surface area contributed by atoms with Gasteiger partial charge in [-0.05, 0) is 12.8 Å². The highest BCUT2D eigenvalue weighted by Crippen LogP contribution is 2.26. The highest BCUT2D eigenvalue weighted by Gasteiger charge is 2.22. The number of halogens is 1. The average molecular weight is 337 g/mol. The zero-order chi connectivity index (χ0) is 16.4. The molecule has 9 heteroatoms. The summed E-state index contributed by atoms with van der Waals surface area (Å²) >= 11 is 6.09. The quantitative estimate of drug-likeness (QED) is 0.681. The molecule has 1 atom stereocenters. The third-order valence-electron chi connectivity index (χ3n) is 3.86. The maximum Gasteiger partial charge on any atom is 0.289 e. The van der Waals surface area contributed by atoms with Crippen LogP contribution in [0.4, 0.5) is 17.2 Å². The van der Waals surface area contributed by atoms with E-state index in [-0.39, 0.29) is 16.8 Å². The number of aromatic nitrogens is 3. The van der Waals surface area contributed by atoms with E-state index in [9.17, 15) is 10.1 Å². The number of nitrogens with one attached hydrogen (secondary N) is 1. The largest absolute Gasteiger partial charge is 0.367 e. The summed E-state index contributed by atoms with van der Waals surface area (Å²) in [5.41, 5.74) is 0.975. The Labute approximate surface area is 138 Å². The number of piperidine rings is 1. The molecule has 1 N–H and O–H groups in total. The first kappa shape index (κ1) is 15.5. The second kappa shape index (κ2) is 6.41. The van der Waals surface area contributed by atoms with Crippen molar-refractivity contribution in [1.29, 1.82) is 0 Å². The van der Waals surface area contributed by atoms with Crippen LogP contribution in [0.5, 0.6) is 0 Å². The topological polar surface area (TPSA) is 89.1 Å². The molecule has 0 aromatic carbocycles. The van der Waals surface area contributed by atoms with Gasteiger partial charge in [0.25, 0.3) is 5.69 Å². The van der Waals surface area contributed by atoms with Crippen LogP contribution >= 0.6 is 11.6 Å². The first-order valence-corrected chi connectivity index (χ1v) is 7.71. The minimum absolute atomic E-state index is 0.110. The van der Waals surface area contributed by atoms with Crippen molar-refractivity contribution in [2.24, 2.45) is 7.05 Å². The van der Waals surface area contributed by atoms with Gasteiger partial charge in [0.05, 0.1) is 21.8 Å². The number of nitrogens with zero attached hydrogens (tertiary/aromatic N) is 5. The number of aryl methyl sites for hydroxylation is 1. The molecule has 1 saturated heterocycles. The molecule has 2 aromatic rings. The van der Waals surface area contributed by atoms with Gasteiger partial charge in [-0.2, -0.15) is 5.10 Å². The molecule has 122 valence electrons. The number of rotatable bonds is 4. The van der Waals surface area contributed by atoms with Gasteiger partial charge in [-0.15, -0.1) is 0 Å². The van der Waals surface area contributed by atoms with Crippen molar-refractivity contribution in [1.82, 2.24) is 14.8 Å². The molecule has 0 amide bonds. The summed E-state index contributed by atoms with van der Waals surface area (Å²) in [6.45, 7) is 1.78. The van der Waals surface area contributed by atoms with Gasteiger partial charge in [0, 0.05) is 38.4 Å². The molecule has 1 unspecified atom stereocenters. The SMILES string of the molecule is Cn1cc(N2CCCC(Nc3ncc([N+](=O)[O-])cc3Cl)C2)cn1. The van der Waals surface area contributed by atoms with E-state index in [0.29, 0.717) is 5.82 Å². The molecule has 0 bridgehead atoms. The van der Waals surface area contributed by atoms with Crippen molar-refractivity contribution in [3.63, 3.8) is 0 Å². The van der Waals surface area contributed by atoms with Gasteiger partial charge in [0.2, 0.25) is 0 Å². The Kier molecular flexibility index (Phi) is 4.33. The molecule has 1 aliphatic heterocycles.